The van der Waals surface area contributed by atoms with Crippen molar-refractivity contribution in [3.05, 3.63) is 34.3 Å². The quantitative estimate of drug-likeness (QED) is 0.877. The van der Waals surface area contributed by atoms with Gasteiger partial charge in [0.2, 0.25) is 5.91 Å². The lowest BCUT2D eigenvalue weighted by Crippen LogP contribution is -2.41. The molecule has 1 saturated carbocycles. The van der Waals surface area contributed by atoms with Crippen LogP contribution in [0.25, 0.3) is 0 Å². The molecule has 1 aliphatic heterocycles. The summed E-state index contributed by atoms with van der Waals surface area (Å²) in [5, 5.41) is 3.69. The van der Waals surface area contributed by atoms with Crippen LogP contribution < -0.4 is 11.1 Å². The van der Waals surface area contributed by atoms with E-state index in [9.17, 15) is 9.59 Å². The maximum absolute atomic E-state index is 12.3. The van der Waals surface area contributed by atoms with Crippen molar-refractivity contribution in [3.63, 3.8) is 0 Å². The van der Waals surface area contributed by atoms with Gasteiger partial charge in [-0.05, 0) is 42.5 Å². The van der Waals surface area contributed by atoms with E-state index in [1.165, 1.54) is 0 Å². The summed E-state index contributed by atoms with van der Waals surface area (Å²) in [7, 11) is 0. The molecule has 2 atom stereocenters. The predicted molar refractivity (Wildman–Crippen MR) is 79.6 cm³/mol. The second-order valence-electron chi connectivity index (χ2n) is 5.83. The third-order valence-electron chi connectivity index (χ3n) is 4.34. The first-order chi connectivity index (χ1) is 10.0. The first-order valence-electron chi connectivity index (χ1n) is 7.15. The largest absolute Gasteiger partial charge is 0.369 e. The van der Waals surface area contributed by atoms with E-state index < -0.39 is 0 Å². The number of nitrogens with zero attached hydrogens (tertiary/aromatic N) is 1. The Bertz CT molecular complexity index is 590. The molecule has 112 valence electrons. The predicted octanol–water partition coefficient (Wildman–Crippen LogP) is 2.02. The van der Waals surface area contributed by atoms with Gasteiger partial charge in [0, 0.05) is 30.1 Å². The van der Waals surface area contributed by atoms with E-state index in [1.54, 1.807) is 4.90 Å². The Kier molecular flexibility index (Phi) is 3.76. The number of nitrogens with one attached hydrogen (secondary N) is 1. The van der Waals surface area contributed by atoms with Crippen LogP contribution in [0.15, 0.2) is 18.2 Å². The molecule has 6 heteroatoms. The molecule has 1 aliphatic carbocycles. The molecule has 2 aliphatic rings. The Morgan fingerprint density at radius 2 is 2.00 bits per heavy atom. The van der Waals surface area contributed by atoms with Gasteiger partial charge < -0.3 is 16.0 Å². The van der Waals surface area contributed by atoms with Gasteiger partial charge in [0.15, 0.2) is 0 Å². The lowest BCUT2D eigenvalue weighted by Gasteiger charge is -2.20. The van der Waals surface area contributed by atoms with Crippen LogP contribution in [0.4, 0.5) is 4.79 Å². The number of carbonyl (C=O) groups is 2. The Labute approximate surface area is 128 Å². The maximum Gasteiger partial charge on any atom is 0.318 e. The van der Waals surface area contributed by atoms with Crippen LogP contribution in [-0.4, -0.2) is 22.9 Å². The average Bonchev–Trinajstić information content (AvgIpc) is 3.04. The molecular formula is C15H18ClN3O2. The van der Waals surface area contributed by atoms with Crippen molar-refractivity contribution in [2.45, 2.75) is 38.4 Å². The Balaban J connectivity index is 1.57. The van der Waals surface area contributed by atoms with E-state index >= 15 is 0 Å². The second-order valence-corrected chi connectivity index (χ2v) is 6.26. The molecule has 0 radical (unpaired) electrons. The lowest BCUT2D eigenvalue weighted by molar-refractivity contribution is -0.121. The van der Waals surface area contributed by atoms with E-state index in [2.05, 4.69) is 5.32 Å². The van der Waals surface area contributed by atoms with Gasteiger partial charge in [-0.15, -0.1) is 0 Å². The standard InChI is InChI=1S/C15H18ClN3O2/c16-12-3-1-10-7-19(8-11(10)5-12)15(21)18-13-4-2-9(6-13)14(17)20/h1,3,5,9,13H,2,4,6-8H2,(H2,17,20)(H,18,21)/t9-,13+/m1/s1. The van der Waals surface area contributed by atoms with Crippen molar-refractivity contribution in [1.29, 1.82) is 0 Å². The smallest absolute Gasteiger partial charge is 0.318 e. The molecule has 0 saturated heterocycles. The molecule has 0 aromatic heterocycles. The van der Waals surface area contributed by atoms with Crippen LogP contribution in [0.1, 0.15) is 30.4 Å². The van der Waals surface area contributed by atoms with Crippen molar-refractivity contribution < 1.29 is 9.59 Å². The SMILES string of the molecule is NC(=O)[C@@H]1CC[C@H](NC(=O)N2Cc3ccc(Cl)cc3C2)C1. The molecule has 21 heavy (non-hydrogen) atoms. The fourth-order valence-electron chi connectivity index (χ4n) is 3.14. The van der Waals surface area contributed by atoms with Crippen LogP contribution in [0, 0.1) is 5.92 Å². The number of benzene rings is 1. The first kappa shape index (κ1) is 14.2. The fourth-order valence-corrected chi connectivity index (χ4v) is 3.34. The van der Waals surface area contributed by atoms with E-state index in [-0.39, 0.29) is 23.9 Å². The topological polar surface area (TPSA) is 75.4 Å². The molecule has 1 fully saturated rings. The van der Waals surface area contributed by atoms with Crippen LogP contribution in [0.5, 0.6) is 0 Å². The van der Waals surface area contributed by atoms with Gasteiger partial charge in [0.05, 0.1) is 0 Å². The van der Waals surface area contributed by atoms with Crippen LogP contribution in [-0.2, 0) is 17.9 Å². The van der Waals surface area contributed by atoms with Gasteiger partial charge in [-0.2, -0.15) is 0 Å². The monoisotopic (exact) mass is 307 g/mol. The second kappa shape index (κ2) is 5.56. The summed E-state index contributed by atoms with van der Waals surface area (Å²) < 4.78 is 0. The van der Waals surface area contributed by atoms with Crippen LogP contribution >= 0.6 is 11.6 Å². The molecule has 0 spiro atoms. The number of urea groups is 1. The summed E-state index contributed by atoms with van der Waals surface area (Å²) in [5.74, 6) is -0.375. The molecule has 0 unspecified atom stereocenters. The number of halogens is 1. The molecule has 3 amide bonds. The van der Waals surface area contributed by atoms with Gasteiger partial charge in [-0.1, -0.05) is 17.7 Å². The molecule has 0 bridgehead atoms. The number of nitrogens with two attached hydrogens (primary N) is 1. The molecular weight excluding hydrogens is 290 g/mol. The van der Waals surface area contributed by atoms with Crippen molar-refractivity contribution in [2.24, 2.45) is 11.7 Å². The average molecular weight is 308 g/mol. The summed E-state index contributed by atoms with van der Waals surface area (Å²) >= 11 is 5.97. The van der Waals surface area contributed by atoms with Crippen molar-refractivity contribution in [3.8, 4) is 0 Å². The Morgan fingerprint density at radius 3 is 2.71 bits per heavy atom. The zero-order valence-corrected chi connectivity index (χ0v) is 12.4. The van der Waals surface area contributed by atoms with Crippen LogP contribution in [0.2, 0.25) is 5.02 Å². The molecule has 5 nitrogen and oxygen atoms in total. The summed E-state index contributed by atoms with van der Waals surface area (Å²) in [4.78, 5) is 25.2. The van der Waals surface area contributed by atoms with Crippen molar-refractivity contribution in [2.75, 3.05) is 0 Å². The molecule has 3 N–H and O–H groups in total. The van der Waals surface area contributed by atoms with E-state index in [4.69, 9.17) is 17.3 Å². The number of rotatable bonds is 2. The van der Waals surface area contributed by atoms with Crippen molar-refractivity contribution in [1.82, 2.24) is 10.2 Å². The summed E-state index contributed by atoms with van der Waals surface area (Å²) in [6.07, 6.45) is 2.22. The summed E-state index contributed by atoms with van der Waals surface area (Å²) in [6.45, 7) is 1.18. The highest BCUT2D eigenvalue weighted by molar-refractivity contribution is 6.30. The highest BCUT2D eigenvalue weighted by atomic mass is 35.5. The van der Waals surface area contributed by atoms with Crippen LogP contribution in [0.3, 0.4) is 0 Å². The Hall–Kier alpha value is -1.75. The maximum atomic E-state index is 12.3. The number of amides is 3. The highest BCUT2D eigenvalue weighted by Crippen LogP contribution is 2.28. The van der Waals surface area contributed by atoms with Gasteiger partial charge >= 0.3 is 6.03 Å². The number of primary amides is 1. The molecule has 3 rings (SSSR count). The third-order valence-corrected chi connectivity index (χ3v) is 4.58. The molecule has 1 heterocycles. The highest BCUT2D eigenvalue weighted by Gasteiger charge is 2.31. The number of hydrogen-bond donors (Lipinski definition) is 2. The minimum atomic E-state index is -0.269. The van der Waals surface area contributed by atoms with E-state index in [0.29, 0.717) is 24.5 Å². The number of fused-ring (bicyclic) bond motifs is 1. The minimum absolute atomic E-state index is 0.0438. The van der Waals surface area contributed by atoms with Crippen molar-refractivity contribution >= 4 is 23.5 Å². The Morgan fingerprint density at radius 1 is 1.24 bits per heavy atom. The zero-order valence-electron chi connectivity index (χ0n) is 11.6. The van der Waals surface area contributed by atoms with Gasteiger partial charge in [-0.25, -0.2) is 4.79 Å². The van der Waals surface area contributed by atoms with Gasteiger partial charge in [0.1, 0.15) is 0 Å². The van der Waals surface area contributed by atoms with Gasteiger partial charge in [-0.3, -0.25) is 4.79 Å². The van der Waals surface area contributed by atoms with E-state index in [1.807, 2.05) is 18.2 Å². The zero-order chi connectivity index (χ0) is 15.0. The third kappa shape index (κ3) is 2.97. The number of carbonyl (C=O) groups excluding carboxylic acids is 2. The fraction of sp³-hybridized carbons (Fsp3) is 0.467. The van der Waals surface area contributed by atoms with E-state index in [0.717, 1.165) is 24.0 Å². The normalized spacial score (nSPS) is 24.0. The van der Waals surface area contributed by atoms with Gasteiger partial charge in [0.25, 0.3) is 0 Å². The summed E-state index contributed by atoms with van der Waals surface area (Å²) in [6, 6.07) is 5.67. The lowest BCUT2D eigenvalue weighted by atomic mass is 10.1. The molecule has 1 aromatic rings. The first-order valence-corrected chi connectivity index (χ1v) is 7.53. The molecule has 1 aromatic carbocycles. The summed E-state index contributed by atoms with van der Waals surface area (Å²) in [5.41, 5.74) is 7.54. The minimum Gasteiger partial charge on any atom is -0.369 e. The number of hydrogen-bond acceptors (Lipinski definition) is 2.